The first-order chi connectivity index (χ1) is 18.0. The summed E-state index contributed by atoms with van der Waals surface area (Å²) in [7, 11) is 0. The van der Waals surface area contributed by atoms with Gasteiger partial charge in [0.05, 0.1) is 23.3 Å². The molecule has 0 bridgehead atoms. The van der Waals surface area contributed by atoms with Crippen molar-refractivity contribution in [2.24, 2.45) is 5.92 Å². The summed E-state index contributed by atoms with van der Waals surface area (Å²) < 4.78 is 18.6. The number of hydrogen-bond donors (Lipinski definition) is 0. The molecule has 198 valence electrons. The van der Waals surface area contributed by atoms with Crippen molar-refractivity contribution in [1.82, 2.24) is 0 Å². The number of nitriles is 2. The molecule has 0 N–H and O–H groups in total. The smallest absolute Gasteiger partial charge is 0.163 e. The van der Waals surface area contributed by atoms with E-state index in [2.05, 4.69) is 56.9 Å². The highest BCUT2D eigenvalue weighted by Gasteiger charge is 2.35. The Morgan fingerprint density at radius 1 is 0.973 bits per heavy atom. The molecule has 0 saturated carbocycles. The molecule has 0 amide bonds. The monoisotopic (exact) mass is 521 g/mol. The SMILES string of the molecule is CCCCCN1c2ccccc2Sc2c(OCCC(C)C)c(C#N)c(C#N)c(OCC(CC)OCC)c21. The minimum Gasteiger partial charge on any atom is -0.491 e. The summed E-state index contributed by atoms with van der Waals surface area (Å²) in [5, 5.41) is 20.5. The van der Waals surface area contributed by atoms with Crippen LogP contribution in [0, 0.1) is 28.6 Å². The third-order valence-electron chi connectivity index (χ3n) is 6.40. The van der Waals surface area contributed by atoms with Gasteiger partial charge in [-0.05, 0) is 44.2 Å². The van der Waals surface area contributed by atoms with E-state index in [0.717, 1.165) is 59.8 Å². The average Bonchev–Trinajstić information content (AvgIpc) is 2.90. The Labute approximate surface area is 226 Å². The van der Waals surface area contributed by atoms with Crippen LogP contribution in [0.3, 0.4) is 0 Å². The molecule has 2 aromatic rings. The third-order valence-corrected chi connectivity index (χ3v) is 7.55. The predicted molar refractivity (Wildman–Crippen MR) is 149 cm³/mol. The van der Waals surface area contributed by atoms with Gasteiger partial charge in [0.2, 0.25) is 0 Å². The molecule has 0 aromatic heterocycles. The topological polar surface area (TPSA) is 78.5 Å². The van der Waals surface area contributed by atoms with Crippen molar-refractivity contribution in [3.05, 3.63) is 35.4 Å². The number of nitrogens with zero attached hydrogens (tertiary/aromatic N) is 3. The summed E-state index contributed by atoms with van der Waals surface area (Å²) in [4.78, 5) is 4.19. The molecule has 37 heavy (non-hydrogen) atoms. The van der Waals surface area contributed by atoms with Crippen LogP contribution in [-0.2, 0) is 4.74 Å². The van der Waals surface area contributed by atoms with E-state index in [1.807, 2.05) is 19.1 Å². The highest BCUT2D eigenvalue weighted by molar-refractivity contribution is 7.99. The van der Waals surface area contributed by atoms with Gasteiger partial charge in [0.1, 0.15) is 35.6 Å². The van der Waals surface area contributed by atoms with Crippen LogP contribution in [0.1, 0.15) is 77.8 Å². The molecule has 1 heterocycles. The van der Waals surface area contributed by atoms with Crippen LogP contribution in [0.4, 0.5) is 11.4 Å². The van der Waals surface area contributed by atoms with E-state index in [1.165, 1.54) is 0 Å². The maximum Gasteiger partial charge on any atom is 0.163 e. The molecular formula is C30H39N3O3S. The number of benzene rings is 2. The Balaban J connectivity index is 2.23. The van der Waals surface area contributed by atoms with Crippen LogP contribution < -0.4 is 14.4 Å². The van der Waals surface area contributed by atoms with Gasteiger partial charge < -0.3 is 19.1 Å². The van der Waals surface area contributed by atoms with Gasteiger partial charge in [-0.3, -0.25) is 0 Å². The number of hydrogen-bond acceptors (Lipinski definition) is 7. The second kappa shape index (κ2) is 14.2. The molecule has 1 unspecified atom stereocenters. The summed E-state index contributed by atoms with van der Waals surface area (Å²) in [5.74, 6) is 1.39. The van der Waals surface area contributed by atoms with Gasteiger partial charge in [0, 0.05) is 18.0 Å². The molecule has 0 radical (unpaired) electrons. The fourth-order valence-corrected chi connectivity index (χ4v) is 5.55. The van der Waals surface area contributed by atoms with E-state index in [9.17, 15) is 10.5 Å². The third kappa shape index (κ3) is 6.72. The van der Waals surface area contributed by atoms with Crippen LogP contribution in [0.25, 0.3) is 0 Å². The molecule has 0 saturated heterocycles. The van der Waals surface area contributed by atoms with Gasteiger partial charge in [-0.15, -0.1) is 0 Å². The van der Waals surface area contributed by atoms with Crippen LogP contribution in [-0.4, -0.2) is 32.5 Å². The first-order valence-electron chi connectivity index (χ1n) is 13.5. The molecule has 7 heteroatoms. The fraction of sp³-hybridized carbons (Fsp3) is 0.533. The molecule has 6 nitrogen and oxygen atoms in total. The minimum absolute atomic E-state index is 0.100. The Kier molecular flexibility index (Phi) is 11.0. The van der Waals surface area contributed by atoms with Crippen LogP contribution in [0.5, 0.6) is 11.5 Å². The zero-order valence-corrected chi connectivity index (χ0v) is 23.6. The lowest BCUT2D eigenvalue weighted by Gasteiger charge is -2.36. The number of ether oxygens (including phenoxy) is 3. The molecule has 3 rings (SSSR count). The lowest BCUT2D eigenvalue weighted by molar-refractivity contribution is 0.0256. The van der Waals surface area contributed by atoms with E-state index in [-0.39, 0.29) is 17.2 Å². The molecule has 1 atom stereocenters. The van der Waals surface area contributed by atoms with Gasteiger partial charge in [-0.1, -0.05) is 64.4 Å². The van der Waals surface area contributed by atoms with Crippen molar-refractivity contribution >= 4 is 23.1 Å². The van der Waals surface area contributed by atoms with Crippen LogP contribution >= 0.6 is 11.8 Å². The van der Waals surface area contributed by atoms with E-state index < -0.39 is 0 Å². The number of anilines is 2. The van der Waals surface area contributed by atoms with Crippen LogP contribution in [0.15, 0.2) is 34.1 Å². The van der Waals surface area contributed by atoms with Gasteiger partial charge in [-0.25, -0.2) is 0 Å². The number of unbranched alkanes of at least 4 members (excludes halogenated alkanes) is 2. The van der Waals surface area contributed by atoms with Crippen molar-refractivity contribution in [2.45, 2.75) is 82.6 Å². The quantitative estimate of drug-likeness (QED) is 0.234. The predicted octanol–water partition coefficient (Wildman–Crippen LogP) is 7.84. The Morgan fingerprint density at radius 3 is 2.35 bits per heavy atom. The van der Waals surface area contributed by atoms with Gasteiger partial charge >= 0.3 is 0 Å². The zero-order valence-electron chi connectivity index (χ0n) is 22.8. The summed E-state index contributed by atoms with van der Waals surface area (Å²) in [5.41, 5.74) is 2.37. The van der Waals surface area contributed by atoms with E-state index in [1.54, 1.807) is 11.8 Å². The van der Waals surface area contributed by atoms with E-state index in [4.69, 9.17) is 14.2 Å². The first-order valence-corrected chi connectivity index (χ1v) is 14.3. The lowest BCUT2D eigenvalue weighted by atomic mass is 10.0. The number of rotatable bonds is 14. The van der Waals surface area contributed by atoms with Crippen molar-refractivity contribution in [1.29, 1.82) is 10.5 Å². The van der Waals surface area contributed by atoms with Crippen LogP contribution in [0.2, 0.25) is 0 Å². The summed E-state index contributed by atoms with van der Waals surface area (Å²) >= 11 is 1.59. The maximum atomic E-state index is 10.3. The Morgan fingerprint density at radius 2 is 1.70 bits per heavy atom. The molecule has 0 fully saturated rings. The standard InChI is InChI=1S/C30H39N3O3S/c1-6-9-12-16-33-25-13-10-11-14-26(25)37-30-27(33)28(36-20-22(7-2)34-8-3)23(18-31)24(19-32)29(30)35-17-15-21(4)5/h10-11,13-14,21-22H,6-9,12,15-17,20H2,1-5H3. The summed E-state index contributed by atoms with van der Waals surface area (Å²) in [6.07, 6.45) is 4.74. The number of fused-ring (bicyclic) bond motifs is 2. The van der Waals surface area contributed by atoms with Gasteiger partial charge in [0.15, 0.2) is 11.5 Å². The maximum absolute atomic E-state index is 10.3. The van der Waals surface area contributed by atoms with Crippen molar-refractivity contribution < 1.29 is 14.2 Å². The minimum atomic E-state index is -0.100. The molecule has 0 aliphatic carbocycles. The number of para-hydroxylation sites is 1. The van der Waals surface area contributed by atoms with E-state index in [0.29, 0.717) is 37.2 Å². The van der Waals surface area contributed by atoms with Gasteiger partial charge in [-0.2, -0.15) is 10.5 Å². The summed E-state index contributed by atoms with van der Waals surface area (Å²) in [6.45, 7) is 12.6. The molecular weight excluding hydrogens is 482 g/mol. The Bertz CT molecular complexity index is 1140. The second-order valence-electron chi connectivity index (χ2n) is 9.57. The zero-order chi connectivity index (χ0) is 26.8. The van der Waals surface area contributed by atoms with Gasteiger partial charge in [0.25, 0.3) is 0 Å². The molecule has 1 aliphatic rings. The summed E-state index contributed by atoms with van der Waals surface area (Å²) in [6, 6.07) is 12.8. The normalized spacial score (nSPS) is 12.9. The van der Waals surface area contributed by atoms with Crippen molar-refractivity contribution in [3.63, 3.8) is 0 Å². The van der Waals surface area contributed by atoms with E-state index >= 15 is 0 Å². The molecule has 2 aromatic carbocycles. The van der Waals surface area contributed by atoms with Crippen molar-refractivity contribution in [2.75, 3.05) is 31.3 Å². The largest absolute Gasteiger partial charge is 0.491 e. The first kappa shape index (κ1) is 28.7. The molecule has 0 spiro atoms. The average molecular weight is 522 g/mol. The second-order valence-corrected chi connectivity index (χ2v) is 10.6. The highest BCUT2D eigenvalue weighted by Crippen LogP contribution is 2.57. The lowest BCUT2D eigenvalue weighted by Crippen LogP contribution is -2.26. The Hall–Kier alpha value is -2.87. The fourth-order valence-electron chi connectivity index (χ4n) is 4.34. The highest BCUT2D eigenvalue weighted by atomic mass is 32.2. The molecule has 1 aliphatic heterocycles. The van der Waals surface area contributed by atoms with Crippen molar-refractivity contribution in [3.8, 4) is 23.6 Å².